The van der Waals surface area contributed by atoms with Gasteiger partial charge in [0.15, 0.2) is 11.6 Å². The number of amides is 2. The van der Waals surface area contributed by atoms with Gasteiger partial charge in [-0.15, -0.1) is 0 Å². The van der Waals surface area contributed by atoms with E-state index in [2.05, 4.69) is 20.6 Å². The lowest BCUT2D eigenvalue weighted by Gasteiger charge is -2.40. The number of anilines is 3. The summed E-state index contributed by atoms with van der Waals surface area (Å²) in [7, 11) is 7.10. The summed E-state index contributed by atoms with van der Waals surface area (Å²) in [6, 6.07) is -0.187. The molecule has 1 aromatic rings. The molecule has 2 N–H and O–H groups in total. The van der Waals surface area contributed by atoms with Crippen molar-refractivity contribution in [3.8, 4) is 0 Å². The summed E-state index contributed by atoms with van der Waals surface area (Å²) in [6.45, 7) is 6.93. The van der Waals surface area contributed by atoms with Crippen LogP contribution in [-0.4, -0.2) is 66.6 Å². The van der Waals surface area contributed by atoms with E-state index in [4.69, 9.17) is 7.85 Å². The Morgan fingerprint density at radius 1 is 1.38 bits per heavy atom. The van der Waals surface area contributed by atoms with Crippen molar-refractivity contribution in [3.63, 3.8) is 0 Å². The van der Waals surface area contributed by atoms with E-state index in [1.54, 1.807) is 4.90 Å². The predicted octanol–water partition coefficient (Wildman–Crippen LogP) is 0.583. The second-order valence-corrected chi connectivity index (χ2v) is 6.70. The highest BCUT2D eigenvalue weighted by Crippen LogP contribution is 2.34. The number of nitrogens with zero attached hydrogens (tertiary/aromatic N) is 4. The third-order valence-corrected chi connectivity index (χ3v) is 4.50. The lowest BCUT2D eigenvalue weighted by molar-refractivity contribution is -0.118. The fourth-order valence-corrected chi connectivity index (χ4v) is 3.21. The molecule has 1 saturated heterocycles. The maximum absolute atomic E-state index is 12.3. The Bertz CT molecular complexity index is 689. The molecule has 2 amide bonds. The van der Waals surface area contributed by atoms with E-state index in [0.29, 0.717) is 36.2 Å². The summed E-state index contributed by atoms with van der Waals surface area (Å²) in [5.41, 5.74) is 1.35. The molecule has 0 saturated carbocycles. The second-order valence-electron chi connectivity index (χ2n) is 6.70. The summed E-state index contributed by atoms with van der Waals surface area (Å²) >= 11 is 0. The van der Waals surface area contributed by atoms with Gasteiger partial charge in [-0.25, -0.2) is 4.98 Å². The number of nitrogens with one attached hydrogen (secondary N) is 2. The first-order valence-electron chi connectivity index (χ1n) is 8.01. The minimum absolute atomic E-state index is 0.0384. The molecule has 2 aliphatic rings. The van der Waals surface area contributed by atoms with Crippen molar-refractivity contribution in [1.82, 2.24) is 14.9 Å². The molecule has 24 heavy (non-hydrogen) atoms. The number of carbonyl (C=O) groups is 2. The molecular weight excluding hydrogens is 307 g/mol. The topological polar surface area (TPSA) is 90.5 Å². The molecule has 3 rings (SSSR count). The van der Waals surface area contributed by atoms with Gasteiger partial charge in [0, 0.05) is 20.1 Å². The first-order valence-corrected chi connectivity index (χ1v) is 8.01. The van der Waals surface area contributed by atoms with Crippen LogP contribution in [0.2, 0.25) is 0 Å². The van der Waals surface area contributed by atoms with Crippen molar-refractivity contribution in [3.05, 3.63) is 5.69 Å². The van der Waals surface area contributed by atoms with Crippen LogP contribution < -0.4 is 15.5 Å². The number of carbonyl (C=O) groups excluding carboxylic acids is 2. The number of hydrogen-bond donors (Lipinski definition) is 2. The highest BCUT2D eigenvalue weighted by atomic mass is 16.2. The van der Waals surface area contributed by atoms with Crippen LogP contribution in [0.5, 0.6) is 0 Å². The van der Waals surface area contributed by atoms with Gasteiger partial charge in [-0.1, -0.05) is 13.8 Å². The van der Waals surface area contributed by atoms with Gasteiger partial charge in [-0.05, 0) is 12.8 Å². The Kier molecular flexibility index (Phi) is 4.10. The molecule has 1 unspecified atom stereocenters. The van der Waals surface area contributed by atoms with Gasteiger partial charge in [-0.2, -0.15) is 4.98 Å². The largest absolute Gasteiger partial charge is 0.348 e. The van der Waals surface area contributed by atoms with Gasteiger partial charge in [0.2, 0.25) is 19.7 Å². The number of aromatic nitrogens is 2. The quantitative estimate of drug-likeness (QED) is 0.789. The Morgan fingerprint density at radius 2 is 2.04 bits per heavy atom. The number of likely N-dealkylation sites (N-methyl/N-ethyl adjacent to an activating group) is 1. The number of aryl methyl sites for hydroxylation is 1. The Hall–Kier alpha value is -2.32. The second kappa shape index (κ2) is 5.96. The smallest absolute Gasteiger partial charge is 0.247 e. The SMILES string of the molecule is [B]C(=O)N1CC(Nc2nc(C)c3c(n2)N(C)C(C(C)C)C(=O)N3)C1. The zero-order chi connectivity index (χ0) is 17.6. The lowest BCUT2D eigenvalue weighted by Crippen LogP contribution is -2.57. The fourth-order valence-electron chi connectivity index (χ4n) is 3.21. The van der Waals surface area contributed by atoms with Gasteiger partial charge >= 0.3 is 0 Å². The highest BCUT2D eigenvalue weighted by molar-refractivity contribution is 6.57. The lowest BCUT2D eigenvalue weighted by atomic mass is 9.99. The van der Waals surface area contributed by atoms with Crippen LogP contribution >= 0.6 is 0 Å². The van der Waals surface area contributed by atoms with Crippen LogP contribution in [0, 0.1) is 12.8 Å². The highest BCUT2D eigenvalue weighted by Gasteiger charge is 2.36. The zero-order valence-electron chi connectivity index (χ0n) is 14.3. The average molecular weight is 328 g/mol. The van der Waals surface area contributed by atoms with E-state index in [-0.39, 0.29) is 23.9 Å². The summed E-state index contributed by atoms with van der Waals surface area (Å²) in [4.78, 5) is 35.8. The minimum atomic E-state index is -0.419. The van der Waals surface area contributed by atoms with Crippen molar-refractivity contribution in [2.24, 2.45) is 5.92 Å². The molecule has 1 atom stereocenters. The third-order valence-electron chi connectivity index (χ3n) is 4.50. The Balaban J connectivity index is 1.82. The van der Waals surface area contributed by atoms with E-state index in [1.165, 1.54) is 0 Å². The molecule has 1 fully saturated rings. The fraction of sp³-hybridized carbons (Fsp3) is 0.600. The van der Waals surface area contributed by atoms with E-state index in [1.807, 2.05) is 32.7 Å². The standard InChI is InChI=1S/C15H21BN6O2/c1-7(2)11-13(23)19-10-8(3)17-15(20-12(10)21(11)4)18-9-5-22(6-9)14(16)24/h7,9,11H,5-6H2,1-4H3,(H,19,23)(H,17,18,20). The number of rotatable bonds is 3. The van der Waals surface area contributed by atoms with Crippen molar-refractivity contribution in [2.75, 3.05) is 35.7 Å². The van der Waals surface area contributed by atoms with Crippen LogP contribution in [0.25, 0.3) is 0 Å². The normalized spacial score (nSPS) is 20.5. The molecule has 8 nitrogen and oxygen atoms in total. The van der Waals surface area contributed by atoms with Crippen LogP contribution in [-0.2, 0) is 4.79 Å². The molecule has 2 radical (unpaired) electrons. The molecule has 3 heterocycles. The number of fused-ring (bicyclic) bond motifs is 1. The summed E-state index contributed by atoms with van der Waals surface area (Å²) in [5.74, 6) is 0.896. The van der Waals surface area contributed by atoms with E-state index in [0.717, 1.165) is 0 Å². The van der Waals surface area contributed by atoms with Gasteiger partial charge < -0.3 is 20.4 Å². The summed E-state index contributed by atoms with van der Waals surface area (Å²) in [5, 5.41) is 6.14. The molecule has 126 valence electrons. The molecule has 2 aliphatic heterocycles. The monoisotopic (exact) mass is 328 g/mol. The zero-order valence-corrected chi connectivity index (χ0v) is 14.3. The number of hydrogen-bond acceptors (Lipinski definition) is 6. The first kappa shape index (κ1) is 16.5. The predicted molar refractivity (Wildman–Crippen MR) is 92.6 cm³/mol. The molecule has 1 aromatic heterocycles. The van der Waals surface area contributed by atoms with E-state index >= 15 is 0 Å². The van der Waals surface area contributed by atoms with E-state index < -0.39 is 5.81 Å². The van der Waals surface area contributed by atoms with Crippen LogP contribution in [0.1, 0.15) is 19.5 Å². The Labute approximate surface area is 142 Å². The molecule has 0 aliphatic carbocycles. The number of likely N-dealkylation sites (tertiary alicyclic amines) is 1. The molecular formula is C15H21BN6O2. The molecule has 0 spiro atoms. The molecule has 0 bridgehead atoms. The Morgan fingerprint density at radius 3 is 2.62 bits per heavy atom. The molecule has 0 aromatic carbocycles. The first-order chi connectivity index (χ1) is 11.3. The summed E-state index contributed by atoms with van der Waals surface area (Å²) in [6.07, 6.45) is 0. The molecule has 9 heteroatoms. The van der Waals surface area contributed by atoms with Crippen LogP contribution in [0.4, 0.5) is 22.2 Å². The van der Waals surface area contributed by atoms with Gasteiger partial charge in [0.25, 0.3) is 0 Å². The van der Waals surface area contributed by atoms with Gasteiger partial charge in [0.05, 0.1) is 11.7 Å². The van der Waals surface area contributed by atoms with Gasteiger partial charge in [0.1, 0.15) is 11.7 Å². The van der Waals surface area contributed by atoms with Crippen molar-refractivity contribution < 1.29 is 9.59 Å². The minimum Gasteiger partial charge on any atom is -0.348 e. The maximum Gasteiger partial charge on any atom is 0.247 e. The van der Waals surface area contributed by atoms with Crippen molar-refractivity contribution in [2.45, 2.75) is 32.9 Å². The van der Waals surface area contributed by atoms with Crippen molar-refractivity contribution in [1.29, 1.82) is 0 Å². The average Bonchev–Trinajstić information content (AvgIpc) is 2.43. The van der Waals surface area contributed by atoms with Crippen LogP contribution in [0.3, 0.4) is 0 Å². The van der Waals surface area contributed by atoms with Crippen LogP contribution in [0.15, 0.2) is 0 Å². The van der Waals surface area contributed by atoms with Crippen molar-refractivity contribution >= 4 is 37.0 Å². The van der Waals surface area contributed by atoms with E-state index in [9.17, 15) is 9.59 Å². The third kappa shape index (κ3) is 2.78. The van der Waals surface area contributed by atoms with Gasteiger partial charge in [-0.3, -0.25) is 9.59 Å². The summed E-state index contributed by atoms with van der Waals surface area (Å²) < 4.78 is 0. The maximum atomic E-state index is 12.3.